The minimum absolute atomic E-state index is 0.00807. The molecule has 1 unspecified atom stereocenters. The lowest BCUT2D eigenvalue weighted by Crippen LogP contribution is -2.47. The molecule has 4 rings (SSSR count). The second-order valence-corrected chi connectivity index (χ2v) is 9.91. The number of fused-ring (bicyclic) bond motifs is 3. The zero-order chi connectivity index (χ0) is 24.8. The van der Waals surface area contributed by atoms with Crippen molar-refractivity contribution in [3.05, 3.63) is 59.7 Å². The fourth-order valence-electron chi connectivity index (χ4n) is 5.45. The number of carboxylic acids is 1. The number of rotatable bonds is 10. The first-order chi connectivity index (χ1) is 16.9. The van der Waals surface area contributed by atoms with Crippen LogP contribution in [0.4, 0.5) is 4.79 Å². The molecule has 7 heteroatoms. The maximum absolute atomic E-state index is 13.0. The van der Waals surface area contributed by atoms with Crippen molar-refractivity contribution in [2.45, 2.75) is 51.4 Å². The second kappa shape index (κ2) is 10.9. The first-order valence-electron chi connectivity index (χ1n) is 12.5. The summed E-state index contributed by atoms with van der Waals surface area (Å²) in [6.45, 7) is 2.77. The van der Waals surface area contributed by atoms with Gasteiger partial charge in [0.1, 0.15) is 6.61 Å². The van der Waals surface area contributed by atoms with Gasteiger partial charge in [-0.25, -0.2) is 4.79 Å². The normalized spacial score (nSPS) is 16.7. The van der Waals surface area contributed by atoms with Crippen LogP contribution in [0.3, 0.4) is 0 Å². The highest BCUT2D eigenvalue weighted by molar-refractivity contribution is 5.84. The average molecular weight is 479 g/mol. The van der Waals surface area contributed by atoms with Crippen LogP contribution in [0, 0.1) is 11.3 Å². The number of nitrogens with one attached hydrogen (secondary N) is 2. The highest BCUT2D eigenvalue weighted by Crippen LogP contribution is 2.44. The summed E-state index contributed by atoms with van der Waals surface area (Å²) in [5.74, 6) is -0.921. The van der Waals surface area contributed by atoms with E-state index in [4.69, 9.17) is 9.84 Å². The Labute approximate surface area is 206 Å². The zero-order valence-corrected chi connectivity index (χ0v) is 20.2. The number of carbonyl (C=O) groups excluding carboxylic acids is 2. The Morgan fingerprint density at radius 2 is 1.60 bits per heavy atom. The number of hydrogen-bond donors (Lipinski definition) is 3. The lowest BCUT2D eigenvalue weighted by molar-refractivity contribution is -0.138. The Kier molecular flexibility index (Phi) is 7.73. The summed E-state index contributed by atoms with van der Waals surface area (Å²) in [4.78, 5) is 36.5. The van der Waals surface area contributed by atoms with Crippen molar-refractivity contribution in [3.8, 4) is 11.1 Å². The average Bonchev–Trinajstić information content (AvgIpc) is 3.45. The molecule has 0 aliphatic heterocycles. The molecule has 35 heavy (non-hydrogen) atoms. The predicted molar refractivity (Wildman–Crippen MR) is 133 cm³/mol. The lowest BCUT2D eigenvalue weighted by atomic mass is 9.85. The standard InChI is InChI=1S/C28H34N2O5/c1-19(16-25(31)32)12-15-29-26(33)28(13-6-7-14-28)18-30-27(34)35-17-24-22-10-4-2-8-20(22)21-9-3-5-11-23(21)24/h2-5,8-11,19,24H,6-7,12-18H2,1H3,(H,29,33)(H,30,34)(H,31,32). The van der Waals surface area contributed by atoms with Crippen LogP contribution in [0.15, 0.2) is 48.5 Å². The molecule has 1 atom stereocenters. The van der Waals surface area contributed by atoms with Gasteiger partial charge in [-0.1, -0.05) is 68.3 Å². The summed E-state index contributed by atoms with van der Waals surface area (Å²) in [5.41, 5.74) is 4.03. The molecule has 0 spiro atoms. The summed E-state index contributed by atoms with van der Waals surface area (Å²) < 4.78 is 5.64. The van der Waals surface area contributed by atoms with E-state index >= 15 is 0 Å². The lowest BCUT2D eigenvalue weighted by Gasteiger charge is -2.28. The van der Waals surface area contributed by atoms with Gasteiger partial charge in [-0.05, 0) is 47.4 Å². The van der Waals surface area contributed by atoms with E-state index in [1.165, 1.54) is 11.1 Å². The molecule has 3 N–H and O–H groups in total. The van der Waals surface area contributed by atoms with Crippen molar-refractivity contribution in [2.24, 2.45) is 11.3 Å². The molecule has 0 radical (unpaired) electrons. The van der Waals surface area contributed by atoms with Gasteiger partial charge in [-0.2, -0.15) is 0 Å². The van der Waals surface area contributed by atoms with Crippen LogP contribution in [0.2, 0.25) is 0 Å². The van der Waals surface area contributed by atoms with Gasteiger partial charge in [0, 0.05) is 25.4 Å². The predicted octanol–water partition coefficient (Wildman–Crippen LogP) is 4.70. The maximum atomic E-state index is 13.0. The third kappa shape index (κ3) is 5.66. The molecule has 186 valence electrons. The van der Waals surface area contributed by atoms with E-state index in [1.54, 1.807) is 0 Å². The van der Waals surface area contributed by atoms with Crippen molar-refractivity contribution in [3.63, 3.8) is 0 Å². The first-order valence-corrected chi connectivity index (χ1v) is 12.5. The monoisotopic (exact) mass is 478 g/mol. The van der Waals surface area contributed by atoms with E-state index in [-0.39, 0.29) is 37.3 Å². The molecule has 2 aromatic carbocycles. The molecule has 0 heterocycles. The van der Waals surface area contributed by atoms with Crippen LogP contribution in [0.25, 0.3) is 11.1 Å². The molecule has 0 bridgehead atoms. The Hall–Kier alpha value is -3.35. The molecule has 0 saturated heterocycles. The molecule has 0 aromatic heterocycles. The van der Waals surface area contributed by atoms with Crippen LogP contribution in [0.5, 0.6) is 0 Å². The topological polar surface area (TPSA) is 105 Å². The maximum Gasteiger partial charge on any atom is 0.407 e. The van der Waals surface area contributed by atoms with Crippen LogP contribution >= 0.6 is 0 Å². The molecule has 2 aromatic rings. The van der Waals surface area contributed by atoms with E-state index < -0.39 is 17.5 Å². The Morgan fingerprint density at radius 1 is 1.00 bits per heavy atom. The van der Waals surface area contributed by atoms with Crippen molar-refractivity contribution >= 4 is 18.0 Å². The number of hydrogen-bond acceptors (Lipinski definition) is 4. The van der Waals surface area contributed by atoms with Crippen molar-refractivity contribution in [1.82, 2.24) is 10.6 Å². The van der Waals surface area contributed by atoms with Crippen LogP contribution in [-0.4, -0.2) is 42.8 Å². The van der Waals surface area contributed by atoms with Gasteiger partial charge in [0.2, 0.25) is 5.91 Å². The van der Waals surface area contributed by atoms with E-state index in [0.29, 0.717) is 25.8 Å². The first kappa shape index (κ1) is 24.8. The molecule has 2 aliphatic rings. The van der Waals surface area contributed by atoms with Gasteiger partial charge < -0.3 is 20.5 Å². The van der Waals surface area contributed by atoms with Crippen molar-refractivity contribution in [2.75, 3.05) is 19.7 Å². The molecule has 1 fully saturated rings. The van der Waals surface area contributed by atoms with Crippen LogP contribution in [0.1, 0.15) is 62.5 Å². The van der Waals surface area contributed by atoms with Crippen LogP contribution in [-0.2, 0) is 14.3 Å². The number of alkyl carbamates (subject to hydrolysis) is 1. The third-order valence-corrected chi connectivity index (χ3v) is 7.40. The fraction of sp³-hybridized carbons (Fsp3) is 0.464. The Bertz CT molecular complexity index is 1030. The number of benzene rings is 2. The smallest absolute Gasteiger partial charge is 0.407 e. The minimum Gasteiger partial charge on any atom is -0.481 e. The number of amides is 2. The quantitative estimate of drug-likeness (QED) is 0.459. The molecule has 7 nitrogen and oxygen atoms in total. The summed E-state index contributed by atoms with van der Waals surface area (Å²) in [6, 6.07) is 16.4. The highest BCUT2D eigenvalue weighted by Gasteiger charge is 2.41. The summed E-state index contributed by atoms with van der Waals surface area (Å²) >= 11 is 0. The van der Waals surface area contributed by atoms with Crippen molar-refractivity contribution < 1.29 is 24.2 Å². The number of aliphatic carboxylic acids is 1. The summed E-state index contributed by atoms with van der Waals surface area (Å²) in [5, 5.41) is 14.7. The summed E-state index contributed by atoms with van der Waals surface area (Å²) in [7, 11) is 0. The Balaban J connectivity index is 1.30. The SMILES string of the molecule is CC(CCNC(=O)C1(CNC(=O)OCC2c3ccccc3-c3ccccc32)CCCC1)CC(=O)O. The molecular formula is C28H34N2O5. The van der Waals surface area contributed by atoms with Gasteiger partial charge >= 0.3 is 12.1 Å². The van der Waals surface area contributed by atoms with Gasteiger partial charge in [-0.15, -0.1) is 0 Å². The number of carboxylic acid groups (broad SMARTS) is 1. The Morgan fingerprint density at radius 3 is 2.20 bits per heavy atom. The van der Waals surface area contributed by atoms with Crippen molar-refractivity contribution in [1.29, 1.82) is 0 Å². The zero-order valence-electron chi connectivity index (χ0n) is 20.2. The van der Waals surface area contributed by atoms with Gasteiger partial charge in [0.05, 0.1) is 5.41 Å². The molecule has 2 aliphatic carbocycles. The fourth-order valence-corrected chi connectivity index (χ4v) is 5.45. The molecule has 1 saturated carbocycles. The van der Waals surface area contributed by atoms with Gasteiger partial charge in [0.25, 0.3) is 0 Å². The van der Waals surface area contributed by atoms with Gasteiger partial charge in [-0.3, -0.25) is 9.59 Å². The third-order valence-electron chi connectivity index (χ3n) is 7.40. The minimum atomic E-state index is -0.830. The van der Waals surface area contributed by atoms with E-state index in [2.05, 4.69) is 34.9 Å². The van der Waals surface area contributed by atoms with E-state index in [0.717, 1.165) is 24.0 Å². The largest absolute Gasteiger partial charge is 0.481 e. The molecular weight excluding hydrogens is 444 g/mol. The number of ether oxygens (including phenoxy) is 1. The number of carbonyl (C=O) groups is 3. The van der Waals surface area contributed by atoms with Crippen LogP contribution < -0.4 is 10.6 Å². The highest BCUT2D eigenvalue weighted by atomic mass is 16.5. The summed E-state index contributed by atoms with van der Waals surface area (Å²) in [6.07, 6.45) is 3.49. The molecule has 2 amide bonds. The second-order valence-electron chi connectivity index (χ2n) is 9.91. The van der Waals surface area contributed by atoms with E-state index in [9.17, 15) is 14.4 Å². The van der Waals surface area contributed by atoms with E-state index in [1.807, 2.05) is 31.2 Å². The van der Waals surface area contributed by atoms with Gasteiger partial charge in [0.15, 0.2) is 0 Å².